The molecule has 0 unspecified atom stereocenters. The Morgan fingerprint density at radius 3 is 2.15 bits per heavy atom. The summed E-state index contributed by atoms with van der Waals surface area (Å²) in [5.74, 6) is -3.78. The Kier molecular flexibility index (Phi) is 6.64. The van der Waals surface area contributed by atoms with Crippen LogP contribution in [-0.4, -0.2) is 18.3 Å². The van der Waals surface area contributed by atoms with Gasteiger partial charge in [-0.1, -0.05) is 56.3 Å². The summed E-state index contributed by atoms with van der Waals surface area (Å²) >= 11 is 0. The molecule has 2 aromatic rings. The van der Waals surface area contributed by atoms with Crippen LogP contribution in [0.25, 0.3) is 0 Å². The number of hydrogen-bond acceptors (Lipinski definition) is 2. The van der Waals surface area contributed by atoms with Crippen LogP contribution >= 0.6 is 0 Å². The second-order valence-corrected chi connectivity index (χ2v) is 8.60. The highest BCUT2D eigenvalue weighted by atomic mass is 19.4. The van der Waals surface area contributed by atoms with Crippen LogP contribution < -0.4 is 0 Å². The zero-order valence-electron chi connectivity index (χ0n) is 17.7. The molecule has 0 aliphatic heterocycles. The lowest BCUT2D eigenvalue weighted by molar-refractivity contribution is -0.172. The van der Waals surface area contributed by atoms with Crippen LogP contribution in [-0.2, 0) is 22.6 Å². The number of rotatable bonds is 6. The summed E-state index contributed by atoms with van der Waals surface area (Å²) in [6, 6.07) is 13.2. The van der Waals surface area contributed by atoms with Gasteiger partial charge in [0.1, 0.15) is 18.0 Å². The quantitative estimate of drug-likeness (QED) is 0.262. The number of carbonyl (C=O) groups is 1. The molecule has 0 radical (unpaired) electrons. The molecule has 0 aromatic heterocycles. The maximum Gasteiger partial charge on any atom is 0.421 e. The second-order valence-electron chi connectivity index (χ2n) is 8.60. The van der Waals surface area contributed by atoms with Crippen LogP contribution in [0.3, 0.4) is 0 Å². The molecule has 2 atom stereocenters. The third-order valence-corrected chi connectivity index (χ3v) is 5.85. The van der Waals surface area contributed by atoms with Gasteiger partial charge in [0.25, 0.3) is 0 Å². The van der Waals surface area contributed by atoms with Crippen molar-refractivity contribution >= 4 is 5.97 Å². The Balaban J connectivity index is 1.70. The van der Waals surface area contributed by atoms with E-state index in [0.717, 1.165) is 5.56 Å². The second kappa shape index (κ2) is 8.83. The molecule has 0 bridgehead atoms. The minimum atomic E-state index is -5.59. The molecule has 9 heteroatoms. The Morgan fingerprint density at radius 1 is 0.970 bits per heavy atom. The van der Waals surface area contributed by atoms with Gasteiger partial charge < -0.3 is 4.74 Å². The number of carbonyl (C=O) groups excluding carboxylic acids is 1. The number of ether oxygens (including phenoxy) is 1. The van der Waals surface area contributed by atoms with Gasteiger partial charge in [-0.05, 0) is 40.2 Å². The monoisotopic (exact) mass is 474 g/mol. The molecule has 33 heavy (non-hydrogen) atoms. The van der Waals surface area contributed by atoms with Crippen molar-refractivity contribution in [2.75, 3.05) is 0 Å². The first-order valence-electron chi connectivity index (χ1n) is 10.1. The van der Waals surface area contributed by atoms with Crippen LogP contribution in [0.15, 0.2) is 60.2 Å². The first-order chi connectivity index (χ1) is 15.2. The predicted octanol–water partition coefficient (Wildman–Crippen LogP) is 6.78. The Morgan fingerprint density at radius 2 is 1.58 bits per heavy atom. The molecule has 2 nitrogen and oxygen atoms in total. The number of alkyl halides is 6. The summed E-state index contributed by atoms with van der Waals surface area (Å²) in [7, 11) is 0. The Hall–Kier alpha value is -2.84. The van der Waals surface area contributed by atoms with E-state index in [1.165, 1.54) is 32.0 Å². The molecule has 0 amide bonds. The van der Waals surface area contributed by atoms with Gasteiger partial charge in [0.15, 0.2) is 0 Å². The molecule has 3 rings (SSSR count). The zero-order valence-corrected chi connectivity index (χ0v) is 17.7. The van der Waals surface area contributed by atoms with E-state index in [-0.39, 0.29) is 12.7 Å². The molecule has 178 valence electrons. The van der Waals surface area contributed by atoms with E-state index in [1.807, 2.05) is 30.3 Å². The third-order valence-electron chi connectivity index (χ3n) is 5.85. The fourth-order valence-electron chi connectivity index (χ4n) is 3.88. The molecule has 0 spiro atoms. The van der Waals surface area contributed by atoms with Crippen molar-refractivity contribution in [1.29, 1.82) is 0 Å². The first kappa shape index (κ1) is 24.8. The van der Waals surface area contributed by atoms with E-state index in [0.29, 0.717) is 17.5 Å². The molecule has 2 aromatic carbocycles. The smallest absolute Gasteiger partial charge is 0.421 e. The highest BCUT2D eigenvalue weighted by molar-refractivity contribution is 5.78. The standard InChI is InChI=1S/C24H21F7O2/c1-22(2)17(12-19(23(26,27)28)24(29,30)31)20(22)21(32)33-13-15-8-9-18(25)16(11-15)10-14-6-4-3-5-7-14/h3-9,11-12,17,20H,10,13H2,1-2H3/t17-,20+/m1/s1. The van der Waals surface area contributed by atoms with Crippen LogP contribution in [0, 0.1) is 23.1 Å². The van der Waals surface area contributed by atoms with E-state index in [9.17, 15) is 35.5 Å². The van der Waals surface area contributed by atoms with Crippen molar-refractivity contribution in [2.24, 2.45) is 17.3 Å². The molecule has 1 aliphatic rings. The topological polar surface area (TPSA) is 26.3 Å². The van der Waals surface area contributed by atoms with Gasteiger partial charge >= 0.3 is 18.3 Å². The van der Waals surface area contributed by atoms with Crippen molar-refractivity contribution in [3.8, 4) is 0 Å². The number of hydrogen-bond donors (Lipinski definition) is 0. The number of allylic oxidation sites excluding steroid dienone is 2. The van der Waals surface area contributed by atoms with E-state index in [1.54, 1.807) is 0 Å². The zero-order chi connectivity index (χ0) is 24.6. The summed E-state index contributed by atoms with van der Waals surface area (Å²) in [5, 5.41) is 0. The van der Waals surface area contributed by atoms with Crippen LogP contribution in [0.1, 0.15) is 30.5 Å². The van der Waals surface area contributed by atoms with Crippen molar-refractivity contribution in [3.05, 3.63) is 82.7 Å². The lowest BCUT2D eigenvalue weighted by Crippen LogP contribution is -2.26. The van der Waals surface area contributed by atoms with Gasteiger partial charge in [0.05, 0.1) is 5.92 Å². The number of halogens is 7. The summed E-state index contributed by atoms with van der Waals surface area (Å²) in [4.78, 5) is 12.4. The fourth-order valence-corrected chi connectivity index (χ4v) is 3.88. The summed E-state index contributed by atoms with van der Waals surface area (Å²) in [6.45, 7) is 2.52. The molecule has 0 heterocycles. The van der Waals surface area contributed by atoms with E-state index >= 15 is 0 Å². The van der Waals surface area contributed by atoms with Crippen molar-refractivity contribution in [3.63, 3.8) is 0 Å². The molecular formula is C24H21F7O2. The Labute approximate surface area is 186 Å². The summed E-state index contributed by atoms with van der Waals surface area (Å²) in [5.41, 5.74) is -2.08. The van der Waals surface area contributed by atoms with Gasteiger partial charge in [-0.2, -0.15) is 26.3 Å². The minimum absolute atomic E-state index is 0.0712. The lowest BCUT2D eigenvalue weighted by atomic mass is 10.0. The maximum atomic E-state index is 14.2. The van der Waals surface area contributed by atoms with Crippen molar-refractivity contribution in [2.45, 2.75) is 39.2 Å². The first-order valence-corrected chi connectivity index (χ1v) is 10.1. The van der Waals surface area contributed by atoms with Gasteiger partial charge in [-0.15, -0.1) is 0 Å². The Bertz CT molecular complexity index is 1020. The predicted molar refractivity (Wildman–Crippen MR) is 106 cm³/mol. The van der Waals surface area contributed by atoms with Gasteiger partial charge in [0.2, 0.25) is 0 Å². The average Bonchev–Trinajstić information content (AvgIpc) is 3.25. The van der Waals surface area contributed by atoms with E-state index in [4.69, 9.17) is 4.74 Å². The van der Waals surface area contributed by atoms with Crippen LogP contribution in [0.4, 0.5) is 30.7 Å². The molecule has 1 fully saturated rings. The summed E-state index contributed by atoms with van der Waals surface area (Å²) in [6.07, 6.45) is -10.8. The highest BCUT2D eigenvalue weighted by Gasteiger charge is 2.63. The molecule has 0 N–H and O–H groups in total. The fraction of sp³-hybridized carbons (Fsp3) is 0.375. The highest BCUT2D eigenvalue weighted by Crippen LogP contribution is 2.61. The lowest BCUT2D eigenvalue weighted by Gasteiger charge is -2.15. The van der Waals surface area contributed by atoms with Crippen LogP contribution in [0.2, 0.25) is 0 Å². The van der Waals surface area contributed by atoms with E-state index in [2.05, 4.69) is 0 Å². The molecule has 0 saturated heterocycles. The van der Waals surface area contributed by atoms with Crippen molar-refractivity contribution < 1.29 is 40.3 Å². The minimum Gasteiger partial charge on any atom is -0.461 e. The molecule has 1 saturated carbocycles. The number of benzene rings is 2. The van der Waals surface area contributed by atoms with Gasteiger partial charge in [-0.25, -0.2) is 4.39 Å². The molecular weight excluding hydrogens is 453 g/mol. The maximum absolute atomic E-state index is 14.2. The summed E-state index contributed by atoms with van der Waals surface area (Å²) < 4.78 is 96.4. The third kappa shape index (κ3) is 5.75. The van der Waals surface area contributed by atoms with Gasteiger partial charge in [-0.3, -0.25) is 4.79 Å². The molecule has 1 aliphatic carbocycles. The average molecular weight is 474 g/mol. The number of esters is 1. The largest absolute Gasteiger partial charge is 0.461 e. The van der Waals surface area contributed by atoms with Gasteiger partial charge in [0, 0.05) is 6.42 Å². The van der Waals surface area contributed by atoms with Crippen molar-refractivity contribution in [1.82, 2.24) is 0 Å². The normalized spacial score (nSPS) is 19.7. The van der Waals surface area contributed by atoms with E-state index < -0.39 is 47.0 Å². The van der Waals surface area contributed by atoms with Crippen LogP contribution in [0.5, 0.6) is 0 Å². The SMILES string of the molecule is CC1(C)[C@H](C=C(C(F)(F)F)C(F)(F)F)[C@H]1C(=O)OCc1ccc(F)c(Cc2ccccc2)c1.